The number of aliphatic hydroxyl groups excluding tert-OH is 1. The topological polar surface area (TPSA) is 106 Å². The van der Waals surface area contributed by atoms with Crippen molar-refractivity contribution >= 4 is 17.4 Å². The van der Waals surface area contributed by atoms with Gasteiger partial charge in [0.05, 0.1) is 31.4 Å². The van der Waals surface area contributed by atoms with Gasteiger partial charge in [0.2, 0.25) is 0 Å². The molecule has 0 bridgehead atoms. The molecular formula is C27H33NO7. The molecule has 1 aliphatic rings. The first-order valence-electron chi connectivity index (χ1n) is 11.7. The Balaban J connectivity index is 2.20. The van der Waals surface area contributed by atoms with Gasteiger partial charge < -0.3 is 29.3 Å². The van der Waals surface area contributed by atoms with Crippen LogP contribution in [-0.4, -0.2) is 60.3 Å². The van der Waals surface area contributed by atoms with E-state index in [4.69, 9.17) is 14.2 Å². The fourth-order valence-electron chi connectivity index (χ4n) is 4.21. The zero-order valence-electron chi connectivity index (χ0n) is 20.8. The van der Waals surface area contributed by atoms with E-state index >= 15 is 0 Å². The van der Waals surface area contributed by atoms with Gasteiger partial charge in [-0.15, -0.1) is 0 Å². The van der Waals surface area contributed by atoms with E-state index in [1.807, 2.05) is 20.8 Å². The lowest BCUT2D eigenvalue weighted by molar-refractivity contribution is -0.140. The van der Waals surface area contributed by atoms with Crippen molar-refractivity contribution in [2.24, 2.45) is 0 Å². The van der Waals surface area contributed by atoms with Crippen LogP contribution in [0.3, 0.4) is 0 Å². The summed E-state index contributed by atoms with van der Waals surface area (Å²) in [5.41, 5.74) is 1.79. The molecule has 8 heteroatoms. The maximum absolute atomic E-state index is 13.2. The molecule has 188 valence electrons. The number of aromatic hydroxyl groups is 1. The number of aliphatic hydroxyl groups is 1. The van der Waals surface area contributed by atoms with E-state index < -0.39 is 17.7 Å². The van der Waals surface area contributed by atoms with Crippen molar-refractivity contribution in [3.63, 3.8) is 0 Å². The summed E-state index contributed by atoms with van der Waals surface area (Å²) in [5, 5.41) is 21.5. The van der Waals surface area contributed by atoms with Gasteiger partial charge in [0.1, 0.15) is 11.5 Å². The molecule has 0 spiro atoms. The molecule has 2 N–H and O–H groups in total. The Kier molecular flexibility index (Phi) is 8.40. The number of Topliss-reactive ketones (excluding diaryl/α,β-unsaturated/α-hetero) is 1. The number of hydrogen-bond acceptors (Lipinski definition) is 7. The normalized spacial score (nSPS) is 17.3. The minimum atomic E-state index is -0.876. The smallest absolute Gasteiger partial charge is 0.295 e. The fourth-order valence-corrected chi connectivity index (χ4v) is 4.21. The van der Waals surface area contributed by atoms with Crippen LogP contribution < -0.4 is 9.47 Å². The van der Waals surface area contributed by atoms with Gasteiger partial charge in [-0.2, -0.15) is 0 Å². The lowest BCUT2D eigenvalue weighted by Gasteiger charge is -2.25. The van der Waals surface area contributed by atoms with E-state index in [1.165, 1.54) is 18.1 Å². The molecule has 2 aromatic rings. The average Bonchev–Trinajstić information content (AvgIpc) is 3.09. The highest BCUT2D eigenvalue weighted by Gasteiger charge is 2.46. The van der Waals surface area contributed by atoms with Crippen LogP contribution in [0.15, 0.2) is 42.0 Å². The first kappa shape index (κ1) is 26.1. The summed E-state index contributed by atoms with van der Waals surface area (Å²) < 4.78 is 16.4. The molecule has 0 aromatic heterocycles. The Morgan fingerprint density at radius 3 is 2.34 bits per heavy atom. The number of hydrogen-bond donors (Lipinski definition) is 2. The van der Waals surface area contributed by atoms with Gasteiger partial charge in [-0.25, -0.2) is 0 Å². The molecule has 1 saturated heterocycles. The lowest BCUT2D eigenvalue weighted by atomic mass is 9.93. The molecule has 3 rings (SSSR count). The minimum absolute atomic E-state index is 0.0295. The van der Waals surface area contributed by atoms with Crippen LogP contribution in [0.1, 0.15) is 56.3 Å². The van der Waals surface area contributed by atoms with Gasteiger partial charge in [0, 0.05) is 19.2 Å². The molecule has 0 aliphatic carbocycles. The van der Waals surface area contributed by atoms with Gasteiger partial charge in [-0.05, 0) is 61.2 Å². The molecule has 1 atom stereocenters. The van der Waals surface area contributed by atoms with E-state index in [0.29, 0.717) is 30.1 Å². The fraction of sp³-hybridized carbons (Fsp3) is 0.407. The van der Waals surface area contributed by atoms with Crippen molar-refractivity contribution in [2.75, 3.05) is 33.5 Å². The number of nitrogens with zero attached hydrogens (tertiary/aromatic N) is 1. The minimum Gasteiger partial charge on any atom is -0.507 e. The zero-order chi connectivity index (χ0) is 25.7. The summed E-state index contributed by atoms with van der Waals surface area (Å²) in [5.74, 6) is -0.803. The van der Waals surface area contributed by atoms with E-state index in [0.717, 1.165) is 5.56 Å². The molecule has 2 aromatic carbocycles. The third kappa shape index (κ3) is 5.27. The summed E-state index contributed by atoms with van der Waals surface area (Å²) in [6, 6.07) is 8.99. The summed E-state index contributed by atoms with van der Waals surface area (Å²) in [6.07, 6.45) is 0. The second-order valence-electron chi connectivity index (χ2n) is 8.49. The third-order valence-corrected chi connectivity index (χ3v) is 5.88. The number of ether oxygens (including phenoxy) is 3. The van der Waals surface area contributed by atoms with Crippen LogP contribution in [0.4, 0.5) is 0 Å². The Hall–Kier alpha value is -3.52. The van der Waals surface area contributed by atoms with Crippen LogP contribution in [0.5, 0.6) is 17.2 Å². The molecule has 0 radical (unpaired) electrons. The standard InChI is InChI=1S/C27H33NO7/c1-6-34-21-11-9-18(14-19(21)16(3)4)25(30)23-24(28(12-13-33-5)27(32)26(23)31)17-8-10-20(29)22(15-17)35-7-2/h8-11,14-16,24,29-30H,6-7,12-13H2,1-5H3/b25-23+. The van der Waals surface area contributed by atoms with Crippen LogP contribution >= 0.6 is 0 Å². The lowest BCUT2D eigenvalue weighted by Crippen LogP contribution is -2.32. The van der Waals surface area contributed by atoms with Gasteiger partial charge in [-0.1, -0.05) is 19.9 Å². The van der Waals surface area contributed by atoms with Crippen molar-refractivity contribution in [2.45, 2.75) is 39.7 Å². The molecule has 1 fully saturated rings. The van der Waals surface area contributed by atoms with Gasteiger partial charge >= 0.3 is 0 Å². The number of rotatable bonds is 10. The molecule has 1 heterocycles. The Labute approximate surface area is 205 Å². The molecule has 1 amide bonds. The highest BCUT2D eigenvalue weighted by Crippen LogP contribution is 2.42. The van der Waals surface area contributed by atoms with E-state index in [9.17, 15) is 19.8 Å². The quantitative estimate of drug-likeness (QED) is 0.293. The van der Waals surface area contributed by atoms with Crippen LogP contribution in [-0.2, 0) is 14.3 Å². The number of ketones is 1. The predicted octanol–water partition coefficient (Wildman–Crippen LogP) is 4.38. The first-order chi connectivity index (χ1) is 16.7. The summed E-state index contributed by atoms with van der Waals surface area (Å²) >= 11 is 0. The largest absolute Gasteiger partial charge is 0.507 e. The molecular weight excluding hydrogens is 450 g/mol. The highest BCUT2D eigenvalue weighted by molar-refractivity contribution is 6.46. The number of amides is 1. The van der Waals surface area contributed by atoms with Gasteiger partial charge in [-0.3, -0.25) is 9.59 Å². The monoisotopic (exact) mass is 483 g/mol. The number of phenols is 1. The van der Waals surface area contributed by atoms with Crippen molar-refractivity contribution in [1.82, 2.24) is 4.90 Å². The van der Waals surface area contributed by atoms with Crippen molar-refractivity contribution < 1.29 is 34.0 Å². The van der Waals surface area contributed by atoms with Crippen LogP contribution in [0.25, 0.3) is 5.76 Å². The highest BCUT2D eigenvalue weighted by atomic mass is 16.5. The van der Waals surface area contributed by atoms with E-state index in [1.54, 1.807) is 37.3 Å². The van der Waals surface area contributed by atoms with Gasteiger partial charge in [0.25, 0.3) is 11.7 Å². The number of carbonyl (C=O) groups excluding carboxylic acids is 2. The summed E-state index contributed by atoms with van der Waals surface area (Å²) in [4.78, 5) is 27.6. The molecule has 0 saturated carbocycles. The van der Waals surface area contributed by atoms with Gasteiger partial charge in [0.15, 0.2) is 11.5 Å². The number of benzene rings is 2. The Morgan fingerprint density at radius 1 is 1.03 bits per heavy atom. The van der Waals surface area contributed by atoms with Crippen molar-refractivity contribution in [3.05, 3.63) is 58.7 Å². The number of phenolic OH excluding ortho intramolecular Hbond substituents is 1. The summed E-state index contributed by atoms with van der Waals surface area (Å²) in [6.45, 7) is 8.88. The summed E-state index contributed by atoms with van der Waals surface area (Å²) in [7, 11) is 1.51. The van der Waals surface area contributed by atoms with Crippen molar-refractivity contribution in [1.29, 1.82) is 0 Å². The number of carbonyl (C=O) groups is 2. The predicted molar refractivity (Wildman–Crippen MR) is 132 cm³/mol. The number of methoxy groups -OCH3 is 1. The zero-order valence-corrected chi connectivity index (χ0v) is 20.8. The van der Waals surface area contributed by atoms with Crippen LogP contribution in [0, 0.1) is 0 Å². The molecule has 1 aliphatic heterocycles. The Bertz CT molecular complexity index is 1120. The van der Waals surface area contributed by atoms with Crippen LogP contribution in [0.2, 0.25) is 0 Å². The first-order valence-corrected chi connectivity index (χ1v) is 11.7. The molecule has 1 unspecified atom stereocenters. The molecule has 8 nitrogen and oxygen atoms in total. The number of likely N-dealkylation sites (tertiary alicyclic amines) is 1. The average molecular weight is 484 g/mol. The molecule has 35 heavy (non-hydrogen) atoms. The van der Waals surface area contributed by atoms with E-state index in [2.05, 4.69) is 0 Å². The van der Waals surface area contributed by atoms with E-state index in [-0.39, 0.29) is 41.9 Å². The maximum atomic E-state index is 13.2. The SMILES string of the molecule is CCOc1cc(C2/C(=C(\O)c3ccc(OCC)c(C(C)C)c3)C(=O)C(=O)N2CCOC)ccc1O. The Morgan fingerprint density at radius 2 is 1.71 bits per heavy atom. The maximum Gasteiger partial charge on any atom is 0.295 e. The second kappa shape index (κ2) is 11.3. The third-order valence-electron chi connectivity index (χ3n) is 5.88. The second-order valence-corrected chi connectivity index (χ2v) is 8.49. The van der Waals surface area contributed by atoms with Crippen molar-refractivity contribution in [3.8, 4) is 17.2 Å².